The summed E-state index contributed by atoms with van der Waals surface area (Å²) < 4.78 is 60.5. The highest BCUT2D eigenvalue weighted by Gasteiger charge is 2.51. The molecule has 2 aliphatic heterocycles. The minimum Gasteiger partial charge on any atom is -0.376 e. The van der Waals surface area contributed by atoms with Crippen molar-refractivity contribution in [2.45, 2.75) is 31.3 Å². The average Bonchev–Trinajstić information content (AvgIpc) is 3.40. The fraction of sp³-hybridized carbons (Fsp3) is 0.429. The second-order valence-electron chi connectivity index (χ2n) is 7.19. The van der Waals surface area contributed by atoms with E-state index in [1.165, 1.54) is 12.1 Å². The Morgan fingerprint density at radius 1 is 0.812 bits per heavy atom. The van der Waals surface area contributed by atoms with Crippen molar-refractivity contribution < 1.29 is 37.2 Å². The first-order valence-electron chi connectivity index (χ1n) is 9.50. The van der Waals surface area contributed by atoms with E-state index in [0.717, 1.165) is 16.1 Å². The Hall–Kier alpha value is -0.910. The summed E-state index contributed by atoms with van der Waals surface area (Å²) in [6.07, 6.45) is -5.80. The first-order valence-corrected chi connectivity index (χ1v) is 11.0. The summed E-state index contributed by atoms with van der Waals surface area (Å²) in [4.78, 5) is 0. The highest BCUT2D eigenvalue weighted by molar-refractivity contribution is 9.10. The zero-order valence-corrected chi connectivity index (χ0v) is 19.9. The smallest absolute Gasteiger partial charge is 0.376 e. The molecule has 4 rings (SSSR count). The van der Waals surface area contributed by atoms with Crippen molar-refractivity contribution in [3.63, 3.8) is 0 Å². The van der Waals surface area contributed by atoms with Crippen molar-refractivity contribution in [2.24, 2.45) is 0 Å². The molecule has 2 saturated heterocycles. The molecule has 2 fully saturated rings. The van der Waals surface area contributed by atoms with Gasteiger partial charge in [0, 0.05) is 25.6 Å². The summed E-state index contributed by atoms with van der Waals surface area (Å²) >= 11 is 15.0. The molecule has 5 nitrogen and oxygen atoms in total. The third-order valence-corrected chi connectivity index (χ3v) is 5.60. The van der Waals surface area contributed by atoms with Gasteiger partial charge in [0.25, 0.3) is 0 Å². The maximum atomic E-state index is 12.8. The lowest BCUT2D eigenvalue weighted by Crippen LogP contribution is -2.39. The average molecular weight is 560 g/mol. The molecule has 32 heavy (non-hydrogen) atoms. The van der Waals surface area contributed by atoms with Crippen molar-refractivity contribution >= 4 is 39.1 Å². The Morgan fingerprint density at radius 3 is 1.69 bits per heavy atom. The van der Waals surface area contributed by atoms with E-state index in [-0.39, 0.29) is 16.9 Å². The largest absolute Gasteiger partial charge is 0.421 e. The predicted octanol–water partition coefficient (Wildman–Crippen LogP) is 6.30. The van der Waals surface area contributed by atoms with Crippen molar-refractivity contribution in [3.05, 3.63) is 67.6 Å². The SMILES string of the molecule is CC(O)(c1cc(Cl)cc(C2OCCO2)c1)C(F)(F)F.Clc1cc(Br)cc(C2OCCO2)c1. The topological polar surface area (TPSA) is 57.2 Å². The van der Waals surface area contributed by atoms with Crippen LogP contribution < -0.4 is 0 Å². The molecule has 1 atom stereocenters. The minimum absolute atomic E-state index is 0.0797. The summed E-state index contributed by atoms with van der Waals surface area (Å²) in [5.41, 5.74) is -2.02. The third-order valence-electron chi connectivity index (χ3n) is 4.71. The second kappa shape index (κ2) is 10.6. The van der Waals surface area contributed by atoms with Gasteiger partial charge in [-0.3, -0.25) is 0 Å². The highest BCUT2D eigenvalue weighted by atomic mass is 79.9. The maximum Gasteiger partial charge on any atom is 0.421 e. The van der Waals surface area contributed by atoms with Gasteiger partial charge in [-0.05, 0) is 48.9 Å². The fourth-order valence-electron chi connectivity index (χ4n) is 3.01. The molecule has 0 aliphatic carbocycles. The van der Waals surface area contributed by atoms with Gasteiger partial charge in [0.15, 0.2) is 18.2 Å². The molecule has 0 spiro atoms. The van der Waals surface area contributed by atoms with Crippen LogP contribution in [-0.4, -0.2) is 37.7 Å². The molecule has 2 heterocycles. The van der Waals surface area contributed by atoms with Gasteiger partial charge in [-0.1, -0.05) is 39.1 Å². The number of ether oxygens (including phenoxy) is 4. The predicted molar refractivity (Wildman–Crippen MR) is 116 cm³/mol. The van der Waals surface area contributed by atoms with Crippen LogP contribution in [0, 0.1) is 0 Å². The van der Waals surface area contributed by atoms with E-state index in [4.69, 9.17) is 42.1 Å². The summed E-state index contributed by atoms with van der Waals surface area (Å²) in [5.74, 6) is 0. The number of hydrogen-bond acceptors (Lipinski definition) is 5. The lowest BCUT2D eigenvalue weighted by Gasteiger charge is -2.27. The quantitative estimate of drug-likeness (QED) is 0.478. The van der Waals surface area contributed by atoms with Gasteiger partial charge in [0.05, 0.1) is 26.4 Å². The third kappa shape index (κ3) is 6.36. The Bertz CT molecular complexity index is 910. The lowest BCUT2D eigenvalue weighted by molar-refractivity contribution is -0.258. The zero-order chi connectivity index (χ0) is 23.5. The van der Waals surface area contributed by atoms with Crippen molar-refractivity contribution in [1.82, 2.24) is 0 Å². The Labute approximate surface area is 201 Å². The molecule has 11 heteroatoms. The van der Waals surface area contributed by atoms with E-state index >= 15 is 0 Å². The molecule has 0 saturated carbocycles. The number of hydrogen-bond donors (Lipinski definition) is 1. The van der Waals surface area contributed by atoms with Crippen LogP contribution in [0.3, 0.4) is 0 Å². The van der Waals surface area contributed by atoms with Crippen LogP contribution in [0.15, 0.2) is 40.9 Å². The van der Waals surface area contributed by atoms with Crippen LogP contribution in [-0.2, 0) is 24.5 Å². The number of rotatable bonds is 3. The normalized spacial score (nSPS) is 19.5. The molecule has 1 unspecified atom stereocenters. The minimum atomic E-state index is -4.80. The van der Waals surface area contributed by atoms with Crippen molar-refractivity contribution in [3.8, 4) is 0 Å². The molecule has 0 bridgehead atoms. The van der Waals surface area contributed by atoms with Crippen LogP contribution in [0.1, 0.15) is 36.2 Å². The standard InChI is InChI=1S/C12H12ClF3O3.C9H8BrClO2/c1-11(17,12(14,15)16)8-4-7(5-9(13)6-8)10-18-2-3-19-10;10-7-3-6(4-8(11)5-7)9-12-1-2-13-9/h4-6,10,17H,2-3H2,1H3;3-5,9H,1-2H2. The summed E-state index contributed by atoms with van der Waals surface area (Å²) in [6.45, 7) is 2.70. The first kappa shape index (κ1) is 25.7. The van der Waals surface area contributed by atoms with E-state index in [9.17, 15) is 18.3 Å². The van der Waals surface area contributed by atoms with Crippen molar-refractivity contribution in [2.75, 3.05) is 26.4 Å². The van der Waals surface area contributed by atoms with Gasteiger partial charge in [0.1, 0.15) is 0 Å². The van der Waals surface area contributed by atoms with Crippen LogP contribution in [0.2, 0.25) is 10.0 Å². The molecule has 2 aromatic carbocycles. The van der Waals surface area contributed by atoms with Crippen molar-refractivity contribution in [1.29, 1.82) is 0 Å². The summed E-state index contributed by atoms with van der Waals surface area (Å²) in [6, 6.07) is 9.35. The molecule has 0 amide bonds. The second-order valence-corrected chi connectivity index (χ2v) is 8.98. The fourth-order valence-corrected chi connectivity index (χ4v) is 4.14. The van der Waals surface area contributed by atoms with Crippen LogP contribution in [0.25, 0.3) is 0 Å². The maximum absolute atomic E-state index is 12.8. The molecular weight excluding hydrogens is 540 g/mol. The zero-order valence-electron chi connectivity index (χ0n) is 16.8. The van der Waals surface area contributed by atoms with Gasteiger partial charge in [-0.25, -0.2) is 0 Å². The Morgan fingerprint density at radius 2 is 1.25 bits per heavy atom. The molecule has 2 aromatic rings. The molecular formula is C21H20BrCl2F3O5. The van der Waals surface area contributed by atoms with Crippen LogP contribution in [0.5, 0.6) is 0 Å². The van der Waals surface area contributed by atoms with E-state index < -0.39 is 18.1 Å². The molecule has 0 aromatic heterocycles. The first-order chi connectivity index (χ1) is 15.0. The van der Waals surface area contributed by atoms with E-state index in [0.29, 0.717) is 43.9 Å². The van der Waals surface area contributed by atoms with Gasteiger partial charge in [-0.2, -0.15) is 13.2 Å². The van der Waals surface area contributed by atoms with Crippen LogP contribution >= 0.6 is 39.1 Å². The number of benzene rings is 2. The number of alkyl halides is 3. The highest BCUT2D eigenvalue weighted by Crippen LogP contribution is 2.40. The monoisotopic (exact) mass is 558 g/mol. The van der Waals surface area contributed by atoms with E-state index in [1.807, 2.05) is 18.2 Å². The van der Waals surface area contributed by atoms with E-state index in [1.54, 1.807) is 0 Å². The molecule has 0 radical (unpaired) electrons. The molecule has 176 valence electrons. The Balaban J connectivity index is 0.000000193. The summed E-state index contributed by atoms with van der Waals surface area (Å²) in [7, 11) is 0. The van der Waals surface area contributed by atoms with E-state index in [2.05, 4.69) is 15.9 Å². The van der Waals surface area contributed by atoms with Gasteiger partial charge in [0.2, 0.25) is 0 Å². The van der Waals surface area contributed by atoms with Gasteiger partial charge >= 0.3 is 6.18 Å². The Kier molecular flexibility index (Phi) is 8.49. The number of aliphatic hydroxyl groups is 1. The molecule has 2 aliphatic rings. The summed E-state index contributed by atoms with van der Waals surface area (Å²) in [5, 5.41) is 10.4. The van der Waals surface area contributed by atoms with Crippen LogP contribution in [0.4, 0.5) is 13.2 Å². The lowest BCUT2D eigenvalue weighted by atomic mass is 9.93. The number of halogens is 6. The van der Waals surface area contributed by atoms with Gasteiger partial charge < -0.3 is 24.1 Å². The molecule has 1 N–H and O–H groups in total. The van der Waals surface area contributed by atoms with Gasteiger partial charge in [-0.15, -0.1) is 0 Å².